The molecule has 0 saturated heterocycles. The third-order valence-electron chi connectivity index (χ3n) is 3.46. The molecule has 25 heavy (non-hydrogen) atoms. The number of halogens is 2. The third kappa shape index (κ3) is 3.76. The highest BCUT2D eigenvalue weighted by molar-refractivity contribution is 7.16. The molecule has 0 N–H and O–H groups in total. The molecule has 0 aliphatic heterocycles. The fourth-order valence-electron chi connectivity index (χ4n) is 2.26. The number of methoxy groups -OCH3 is 1. The number of para-hydroxylation sites is 1. The first-order valence-corrected chi connectivity index (χ1v) is 8.76. The minimum Gasteiger partial charge on any atom is -0.468 e. The molecule has 1 amide bonds. The fraction of sp³-hybridized carbons (Fsp3) is 0.118. The van der Waals surface area contributed by atoms with Crippen LogP contribution in [0.5, 0.6) is 0 Å². The van der Waals surface area contributed by atoms with Crippen molar-refractivity contribution in [1.82, 2.24) is 4.57 Å². The van der Waals surface area contributed by atoms with Crippen LogP contribution in [0.2, 0.25) is 10.0 Å². The molecular weight excluding hydrogens is 383 g/mol. The highest BCUT2D eigenvalue weighted by Crippen LogP contribution is 2.22. The zero-order valence-electron chi connectivity index (χ0n) is 13.0. The van der Waals surface area contributed by atoms with Gasteiger partial charge in [0.1, 0.15) is 6.54 Å². The minimum atomic E-state index is -0.508. The van der Waals surface area contributed by atoms with Crippen LogP contribution >= 0.6 is 34.5 Å². The summed E-state index contributed by atoms with van der Waals surface area (Å²) in [6, 6.07) is 12.1. The van der Waals surface area contributed by atoms with Crippen LogP contribution in [0, 0.1) is 0 Å². The van der Waals surface area contributed by atoms with Gasteiger partial charge in [0.2, 0.25) is 0 Å². The Hall–Kier alpha value is -2.15. The molecule has 1 heterocycles. The van der Waals surface area contributed by atoms with Gasteiger partial charge in [0.15, 0.2) is 4.80 Å². The van der Waals surface area contributed by atoms with E-state index in [1.54, 1.807) is 10.6 Å². The van der Waals surface area contributed by atoms with E-state index in [2.05, 4.69) is 4.99 Å². The summed E-state index contributed by atoms with van der Waals surface area (Å²) in [6.07, 6.45) is 0. The van der Waals surface area contributed by atoms with E-state index in [1.165, 1.54) is 30.6 Å². The molecule has 0 atom stereocenters. The van der Waals surface area contributed by atoms with E-state index in [0.717, 1.165) is 10.2 Å². The summed E-state index contributed by atoms with van der Waals surface area (Å²) in [7, 11) is 1.31. The van der Waals surface area contributed by atoms with Gasteiger partial charge in [-0.2, -0.15) is 4.99 Å². The van der Waals surface area contributed by atoms with Crippen molar-refractivity contribution in [3.8, 4) is 0 Å². The number of carbonyl (C=O) groups excluding carboxylic acids is 2. The second-order valence-corrected chi connectivity index (χ2v) is 6.91. The van der Waals surface area contributed by atoms with Gasteiger partial charge in [0.25, 0.3) is 5.91 Å². The molecule has 1 aromatic heterocycles. The number of hydrogen-bond acceptors (Lipinski definition) is 4. The van der Waals surface area contributed by atoms with Crippen LogP contribution in [0.1, 0.15) is 10.4 Å². The molecule has 3 aromatic rings. The van der Waals surface area contributed by atoms with Gasteiger partial charge in [0, 0.05) is 5.02 Å². The van der Waals surface area contributed by atoms with Crippen LogP contribution in [-0.4, -0.2) is 23.6 Å². The van der Waals surface area contributed by atoms with Crippen LogP contribution in [0.4, 0.5) is 0 Å². The predicted octanol–water partition coefficient (Wildman–Crippen LogP) is 3.92. The van der Waals surface area contributed by atoms with E-state index in [9.17, 15) is 9.59 Å². The maximum Gasteiger partial charge on any atom is 0.325 e. The average molecular weight is 395 g/mol. The first-order chi connectivity index (χ1) is 12.0. The van der Waals surface area contributed by atoms with Crippen LogP contribution in [0.3, 0.4) is 0 Å². The zero-order valence-corrected chi connectivity index (χ0v) is 15.4. The lowest BCUT2D eigenvalue weighted by Crippen LogP contribution is -2.22. The maximum atomic E-state index is 12.5. The van der Waals surface area contributed by atoms with Crippen LogP contribution < -0.4 is 4.80 Å². The lowest BCUT2D eigenvalue weighted by molar-refractivity contribution is -0.141. The Bertz CT molecular complexity index is 1040. The monoisotopic (exact) mass is 394 g/mol. The van der Waals surface area contributed by atoms with Gasteiger partial charge in [-0.25, -0.2) is 0 Å². The summed E-state index contributed by atoms with van der Waals surface area (Å²) in [5.41, 5.74) is 1.04. The first-order valence-electron chi connectivity index (χ1n) is 7.19. The Kier molecular flexibility index (Phi) is 5.22. The standard InChI is InChI=1S/C17H12Cl2N2O3S/c1-24-15(22)9-21-13-4-2-3-5-14(13)25-17(21)20-16(23)11-7-6-10(18)8-12(11)19/h2-8H,9H2,1H3. The van der Waals surface area contributed by atoms with Crippen LogP contribution in [-0.2, 0) is 16.1 Å². The summed E-state index contributed by atoms with van der Waals surface area (Å²) < 4.78 is 7.28. The van der Waals surface area contributed by atoms with Gasteiger partial charge in [-0.3, -0.25) is 9.59 Å². The van der Waals surface area contributed by atoms with E-state index in [0.29, 0.717) is 9.82 Å². The van der Waals surface area contributed by atoms with Crippen molar-refractivity contribution in [2.45, 2.75) is 6.54 Å². The first kappa shape index (κ1) is 17.7. The van der Waals surface area contributed by atoms with E-state index < -0.39 is 11.9 Å². The molecule has 0 aliphatic rings. The van der Waals surface area contributed by atoms with E-state index in [1.807, 2.05) is 24.3 Å². The topological polar surface area (TPSA) is 60.7 Å². The number of aromatic nitrogens is 1. The highest BCUT2D eigenvalue weighted by Gasteiger charge is 2.14. The number of amides is 1. The Balaban J connectivity index is 2.13. The van der Waals surface area contributed by atoms with E-state index in [-0.39, 0.29) is 17.1 Å². The minimum absolute atomic E-state index is 0.0407. The van der Waals surface area contributed by atoms with E-state index in [4.69, 9.17) is 27.9 Å². The molecule has 5 nitrogen and oxygen atoms in total. The summed E-state index contributed by atoms with van der Waals surface area (Å²) in [5, 5.41) is 0.658. The van der Waals surface area contributed by atoms with E-state index >= 15 is 0 Å². The highest BCUT2D eigenvalue weighted by atomic mass is 35.5. The van der Waals surface area contributed by atoms with Gasteiger partial charge >= 0.3 is 5.97 Å². The maximum absolute atomic E-state index is 12.5. The van der Waals surface area contributed by atoms with Crippen molar-refractivity contribution in [3.05, 3.63) is 62.9 Å². The van der Waals surface area contributed by atoms with Gasteiger partial charge in [-0.1, -0.05) is 46.7 Å². The van der Waals surface area contributed by atoms with Crippen molar-refractivity contribution in [2.75, 3.05) is 7.11 Å². The van der Waals surface area contributed by atoms with Crippen LogP contribution in [0.15, 0.2) is 47.5 Å². The summed E-state index contributed by atoms with van der Waals surface area (Å²) in [4.78, 5) is 28.8. The second-order valence-electron chi connectivity index (χ2n) is 5.06. The molecule has 8 heteroatoms. The third-order valence-corrected chi connectivity index (χ3v) is 5.07. The normalized spacial score (nSPS) is 11.7. The smallest absolute Gasteiger partial charge is 0.325 e. The Morgan fingerprint density at radius 3 is 2.68 bits per heavy atom. The molecule has 0 saturated carbocycles. The van der Waals surface area contributed by atoms with Crippen molar-refractivity contribution in [1.29, 1.82) is 0 Å². The zero-order chi connectivity index (χ0) is 18.0. The van der Waals surface area contributed by atoms with Crippen molar-refractivity contribution in [3.63, 3.8) is 0 Å². The van der Waals surface area contributed by atoms with Crippen LogP contribution in [0.25, 0.3) is 10.2 Å². The Morgan fingerprint density at radius 1 is 1.20 bits per heavy atom. The Morgan fingerprint density at radius 2 is 1.96 bits per heavy atom. The molecule has 2 aromatic carbocycles. The summed E-state index contributed by atoms with van der Waals surface area (Å²) in [6.45, 7) is -0.0407. The Labute approximate surface area is 157 Å². The quantitative estimate of drug-likeness (QED) is 0.632. The molecule has 0 bridgehead atoms. The van der Waals surface area contributed by atoms with Crippen molar-refractivity contribution < 1.29 is 14.3 Å². The number of rotatable bonds is 3. The van der Waals surface area contributed by atoms with Gasteiger partial charge in [-0.05, 0) is 30.3 Å². The summed E-state index contributed by atoms with van der Waals surface area (Å²) >= 11 is 13.2. The fourth-order valence-corrected chi connectivity index (χ4v) is 3.78. The largest absolute Gasteiger partial charge is 0.468 e. The molecule has 0 spiro atoms. The molecule has 128 valence electrons. The number of carbonyl (C=O) groups is 2. The predicted molar refractivity (Wildman–Crippen MR) is 98.2 cm³/mol. The van der Waals surface area contributed by atoms with Gasteiger partial charge in [0.05, 0.1) is 27.9 Å². The number of hydrogen-bond donors (Lipinski definition) is 0. The number of nitrogens with zero attached hydrogens (tertiary/aromatic N) is 2. The molecule has 3 rings (SSSR count). The number of fused-ring (bicyclic) bond motifs is 1. The van der Waals surface area contributed by atoms with Crippen molar-refractivity contribution in [2.24, 2.45) is 4.99 Å². The number of esters is 1. The lowest BCUT2D eigenvalue weighted by atomic mass is 10.2. The van der Waals surface area contributed by atoms with Crippen molar-refractivity contribution >= 4 is 56.6 Å². The molecule has 0 radical (unpaired) electrons. The summed E-state index contributed by atoms with van der Waals surface area (Å²) in [5.74, 6) is -0.936. The molecule has 0 aliphatic carbocycles. The number of ether oxygens (including phenoxy) is 1. The lowest BCUT2D eigenvalue weighted by Gasteiger charge is -2.03. The number of benzene rings is 2. The average Bonchev–Trinajstić information content (AvgIpc) is 2.92. The second kappa shape index (κ2) is 7.39. The van der Waals surface area contributed by atoms with Gasteiger partial charge in [-0.15, -0.1) is 0 Å². The SMILES string of the molecule is COC(=O)Cn1c(=NC(=O)c2ccc(Cl)cc2Cl)sc2ccccc21. The van der Waals surface area contributed by atoms with Gasteiger partial charge < -0.3 is 9.30 Å². The number of thiazole rings is 1. The molecule has 0 unspecified atom stereocenters. The molecular formula is C17H12Cl2N2O3S. The molecule has 0 fully saturated rings.